The van der Waals surface area contributed by atoms with Crippen molar-refractivity contribution >= 4 is 29.1 Å². The fourth-order valence-electron chi connectivity index (χ4n) is 3.89. The third-order valence-electron chi connectivity index (χ3n) is 5.55. The van der Waals surface area contributed by atoms with E-state index in [0.29, 0.717) is 29.1 Å². The average Bonchev–Trinajstić information content (AvgIpc) is 3.03. The molecule has 0 aliphatic carbocycles. The maximum absolute atomic E-state index is 13.1. The van der Waals surface area contributed by atoms with Crippen molar-refractivity contribution in [2.24, 2.45) is 0 Å². The second-order valence-electron chi connectivity index (χ2n) is 7.62. The summed E-state index contributed by atoms with van der Waals surface area (Å²) < 4.78 is 0. The van der Waals surface area contributed by atoms with Crippen LogP contribution in [0.1, 0.15) is 28.3 Å². The van der Waals surface area contributed by atoms with Crippen LogP contribution in [-0.2, 0) is 16.0 Å². The van der Waals surface area contributed by atoms with Gasteiger partial charge in [-0.25, -0.2) is 0 Å². The van der Waals surface area contributed by atoms with Gasteiger partial charge in [0.05, 0.1) is 11.6 Å². The molecular formula is C26H22ClNO3. The van der Waals surface area contributed by atoms with E-state index in [-0.39, 0.29) is 11.3 Å². The molecule has 0 bridgehead atoms. The summed E-state index contributed by atoms with van der Waals surface area (Å²) in [6, 6.07) is 23.3. The molecule has 31 heavy (non-hydrogen) atoms. The molecule has 3 aromatic carbocycles. The number of aryl methyl sites for hydroxylation is 1. The Morgan fingerprint density at radius 1 is 0.935 bits per heavy atom. The Hall–Kier alpha value is -3.37. The highest BCUT2D eigenvalue weighted by atomic mass is 35.5. The minimum absolute atomic E-state index is 0.0648. The molecule has 4 rings (SSSR count). The number of rotatable bonds is 5. The zero-order chi connectivity index (χ0) is 22.0. The number of carbonyl (C=O) groups excluding carboxylic acids is 2. The van der Waals surface area contributed by atoms with Crippen molar-refractivity contribution in [1.29, 1.82) is 0 Å². The van der Waals surface area contributed by atoms with E-state index in [9.17, 15) is 14.7 Å². The molecule has 1 saturated heterocycles. The topological polar surface area (TPSA) is 57.6 Å². The highest BCUT2D eigenvalue weighted by Gasteiger charge is 2.46. The van der Waals surface area contributed by atoms with Crippen molar-refractivity contribution in [3.63, 3.8) is 0 Å². The molecule has 1 heterocycles. The highest BCUT2D eigenvalue weighted by Crippen LogP contribution is 2.41. The molecule has 1 aliphatic heterocycles. The van der Waals surface area contributed by atoms with Crippen LogP contribution >= 0.6 is 11.6 Å². The Morgan fingerprint density at radius 2 is 1.58 bits per heavy atom. The predicted molar refractivity (Wildman–Crippen MR) is 122 cm³/mol. The van der Waals surface area contributed by atoms with Crippen LogP contribution in [0, 0.1) is 6.92 Å². The molecule has 156 valence electrons. The summed E-state index contributed by atoms with van der Waals surface area (Å²) in [6.45, 7) is 2.27. The third kappa shape index (κ3) is 4.12. The van der Waals surface area contributed by atoms with E-state index in [1.807, 2.05) is 55.5 Å². The molecule has 0 aromatic heterocycles. The zero-order valence-electron chi connectivity index (χ0n) is 17.1. The molecule has 1 amide bonds. The van der Waals surface area contributed by atoms with Gasteiger partial charge in [-0.3, -0.25) is 9.59 Å². The molecule has 0 spiro atoms. The van der Waals surface area contributed by atoms with Gasteiger partial charge in [-0.05, 0) is 30.5 Å². The largest absolute Gasteiger partial charge is 0.507 e. The summed E-state index contributed by atoms with van der Waals surface area (Å²) in [4.78, 5) is 27.6. The maximum atomic E-state index is 13.1. The summed E-state index contributed by atoms with van der Waals surface area (Å²) in [5.41, 5.74) is 3.26. The number of aliphatic hydroxyl groups is 1. The standard InChI is InChI=1S/C26H22ClNO3/c1-17-11-13-19(14-12-17)24(29)22-23(20-9-5-6-10-21(20)27)28(26(31)25(22)30)16-15-18-7-3-2-4-8-18/h2-14,23,29H,15-16H2,1H3/t23-/m0/s1. The lowest BCUT2D eigenvalue weighted by Crippen LogP contribution is -2.31. The first-order valence-corrected chi connectivity index (χ1v) is 10.5. The molecule has 0 unspecified atom stereocenters. The van der Waals surface area contributed by atoms with Crippen LogP contribution in [0.5, 0.6) is 0 Å². The second-order valence-corrected chi connectivity index (χ2v) is 8.02. The number of aliphatic hydroxyl groups excluding tert-OH is 1. The smallest absolute Gasteiger partial charge is 0.295 e. The van der Waals surface area contributed by atoms with Gasteiger partial charge in [-0.1, -0.05) is 90.0 Å². The number of benzene rings is 3. The van der Waals surface area contributed by atoms with Gasteiger partial charge in [0.1, 0.15) is 5.76 Å². The Balaban J connectivity index is 1.80. The van der Waals surface area contributed by atoms with Crippen LogP contribution < -0.4 is 0 Å². The Morgan fingerprint density at radius 3 is 2.26 bits per heavy atom. The first kappa shape index (κ1) is 20.9. The summed E-state index contributed by atoms with van der Waals surface area (Å²) in [5, 5.41) is 11.5. The molecule has 0 radical (unpaired) electrons. The fourth-order valence-corrected chi connectivity index (χ4v) is 4.13. The number of hydrogen-bond acceptors (Lipinski definition) is 3. The highest BCUT2D eigenvalue weighted by molar-refractivity contribution is 6.47. The molecule has 1 aliphatic rings. The number of Topliss-reactive ketones (excluding diaryl/α,β-unsaturated/α-hetero) is 1. The van der Waals surface area contributed by atoms with Crippen molar-refractivity contribution in [3.05, 3.63) is 112 Å². The summed E-state index contributed by atoms with van der Waals surface area (Å²) >= 11 is 6.47. The van der Waals surface area contributed by atoms with Gasteiger partial charge in [0, 0.05) is 17.1 Å². The molecule has 1 N–H and O–H groups in total. The number of amides is 1. The van der Waals surface area contributed by atoms with Gasteiger partial charge >= 0.3 is 0 Å². The second kappa shape index (κ2) is 8.78. The van der Waals surface area contributed by atoms with Gasteiger partial charge in [0.15, 0.2) is 0 Å². The lowest BCUT2D eigenvalue weighted by Gasteiger charge is -2.26. The van der Waals surface area contributed by atoms with Crippen LogP contribution in [0.3, 0.4) is 0 Å². The van der Waals surface area contributed by atoms with Crippen molar-refractivity contribution in [1.82, 2.24) is 4.90 Å². The Labute approximate surface area is 186 Å². The zero-order valence-corrected chi connectivity index (χ0v) is 17.8. The SMILES string of the molecule is Cc1ccc(C(O)=C2C(=O)C(=O)N(CCc3ccccc3)[C@H]2c2ccccc2Cl)cc1. The molecule has 1 fully saturated rings. The quantitative estimate of drug-likeness (QED) is 0.338. The lowest BCUT2D eigenvalue weighted by molar-refractivity contribution is -0.139. The van der Waals surface area contributed by atoms with E-state index < -0.39 is 17.7 Å². The predicted octanol–water partition coefficient (Wildman–Crippen LogP) is 5.31. The molecule has 3 aromatic rings. The molecule has 1 atom stereocenters. The monoisotopic (exact) mass is 431 g/mol. The fraction of sp³-hybridized carbons (Fsp3) is 0.154. The van der Waals surface area contributed by atoms with Crippen LogP contribution in [0.25, 0.3) is 5.76 Å². The van der Waals surface area contributed by atoms with Crippen LogP contribution in [0.15, 0.2) is 84.4 Å². The Kier molecular flexibility index (Phi) is 5.92. The summed E-state index contributed by atoms with van der Waals surface area (Å²) in [7, 11) is 0. The normalized spacial score (nSPS) is 17.9. The van der Waals surface area contributed by atoms with Crippen molar-refractivity contribution < 1.29 is 14.7 Å². The van der Waals surface area contributed by atoms with E-state index in [0.717, 1.165) is 11.1 Å². The van der Waals surface area contributed by atoms with Crippen LogP contribution in [-0.4, -0.2) is 28.2 Å². The van der Waals surface area contributed by atoms with E-state index in [4.69, 9.17) is 11.6 Å². The summed E-state index contributed by atoms with van der Waals surface area (Å²) in [5.74, 6) is -1.52. The van der Waals surface area contributed by atoms with E-state index in [1.54, 1.807) is 30.3 Å². The number of carbonyl (C=O) groups is 2. The van der Waals surface area contributed by atoms with Crippen LogP contribution in [0.2, 0.25) is 5.02 Å². The number of likely N-dealkylation sites (tertiary alicyclic amines) is 1. The minimum Gasteiger partial charge on any atom is -0.507 e. The first-order valence-electron chi connectivity index (χ1n) is 10.1. The van der Waals surface area contributed by atoms with Gasteiger partial charge < -0.3 is 10.0 Å². The number of nitrogens with zero attached hydrogens (tertiary/aromatic N) is 1. The average molecular weight is 432 g/mol. The van der Waals surface area contributed by atoms with Gasteiger partial charge in [-0.2, -0.15) is 0 Å². The maximum Gasteiger partial charge on any atom is 0.295 e. The molecular weight excluding hydrogens is 410 g/mol. The third-order valence-corrected chi connectivity index (χ3v) is 5.89. The molecule has 0 saturated carbocycles. The van der Waals surface area contributed by atoms with E-state index in [2.05, 4.69) is 0 Å². The van der Waals surface area contributed by atoms with Crippen LogP contribution in [0.4, 0.5) is 0 Å². The van der Waals surface area contributed by atoms with Crippen molar-refractivity contribution in [3.8, 4) is 0 Å². The van der Waals surface area contributed by atoms with Gasteiger partial charge in [0.25, 0.3) is 11.7 Å². The number of ketones is 1. The number of hydrogen-bond donors (Lipinski definition) is 1. The van der Waals surface area contributed by atoms with Crippen molar-refractivity contribution in [2.45, 2.75) is 19.4 Å². The van der Waals surface area contributed by atoms with E-state index >= 15 is 0 Å². The number of halogens is 1. The van der Waals surface area contributed by atoms with Gasteiger partial charge in [-0.15, -0.1) is 0 Å². The molecule has 4 nitrogen and oxygen atoms in total. The van der Waals surface area contributed by atoms with E-state index in [1.165, 1.54) is 4.90 Å². The first-order chi connectivity index (χ1) is 15.0. The minimum atomic E-state index is -0.751. The van der Waals surface area contributed by atoms with Crippen molar-refractivity contribution in [2.75, 3.05) is 6.54 Å². The Bertz CT molecular complexity index is 1150. The van der Waals surface area contributed by atoms with Gasteiger partial charge in [0.2, 0.25) is 0 Å². The lowest BCUT2D eigenvalue weighted by atomic mass is 9.95. The molecule has 5 heteroatoms. The summed E-state index contributed by atoms with van der Waals surface area (Å²) in [6.07, 6.45) is 0.583.